The monoisotopic (exact) mass is 367 g/mol. The molecule has 144 valence electrons. The van der Waals surface area contributed by atoms with Gasteiger partial charge < -0.3 is 9.84 Å². The quantitative estimate of drug-likeness (QED) is 0.816. The van der Waals surface area contributed by atoms with Gasteiger partial charge in [0.15, 0.2) is 0 Å². The van der Waals surface area contributed by atoms with Gasteiger partial charge in [0, 0.05) is 24.0 Å². The molecular formula is C23H29NO3. The highest BCUT2D eigenvalue weighted by molar-refractivity contribution is 5.89. The van der Waals surface area contributed by atoms with Gasteiger partial charge in [0.1, 0.15) is 6.10 Å². The van der Waals surface area contributed by atoms with Crippen LogP contribution in [0.5, 0.6) is 0 Å². The molecule has 4 nitrogen and oxygen atoms in total. The van der Waals surface area contributed by atoms with Crippen molar-refractivity contribution in [3.8, 4) is 0 Å². The van der Waals surface area contributed by atoms with E-state index >= 15 is 0 Å². The number of aliphatic hydroxyl groups is 1. The molecule has 0 amide bonds. The maximum atomic E-state index is 12.6. The lowest BCUT2D eigenvalue weighted by atomic mass is 9.48. The lowest BCUT2D eigenvalue weighted by Gasteiger charge is -2.65. The number of benzene rings is 1. The summed E-state index contributed by atoms with van der Waals surface area (Å²) in [4.78, 5) is 15.3. The van der Waals surface area contributed by atoms with Crippen molar-refractivity contribution < 1.29 is 14.6 Å². The van der Waals surface area contributed by atoms with Gasteiger partial charge in [-0.25, -0.2) is 4.79 Å². The van der Waals surface area contributed by atoms with Crippen LogP contribution in [0.15, 0.2) is 30.3 Å². The van der Waals surface area contributed by atoms with E-state index in [0.717, 1.165) is 37.8 Å². The van der Waals surface area contributed by atoms with Crippen LogP contribution in [0.4, 0.5) is 0 Å². The minimum absolute atomic E-state index is 0.0528. The van der Waals surface area contributed by atoms with Crippen molar-refractivity contribution in [1.82, 2.24) is 4.90 Å². The van der Waals surface area contributed by atoms with Crippen molar-refractivity contribution in [2.45, 2.75) is 56.8 Å². The topological polar surface area (TPSA) is 49.8 Å². The fraction of sp³-hybridized carbons (Fsp3) is 0.696. The average molecular weight is 367 g/mol. The van der Waals surface area contributed by atoms with E-state index in [2.05, 4.69) is 11.8 Å². The van der Waals surface area contributed by atoms with E-state index in [1.807, 2.05) is 30.3 Å². The second-order valence-electron chi connectivity index (χ2n) is 10.1. The molecule has 5 aliphatic rings. The first kappa shape index (κ1) is 16.6. The number of piperidine rings is 2. The number of nitrogens with zero attached hydrogens (tertiary/aromatic N) is 1. The zero-order chi connectivity index (χ0) is 18.4. The zero-order valence-electron chi connectivity index (χ0n) is 16.0. The van der Waals surface area contributed by atoms with Gasteiger partial charge in [-0.3, -0.25) is 4.90 Å². The Morgan fingerprint density at radius 1 is 1.15 bits per heavy atom. The Kier molecular flexibility index (Phi) is 3.28. The summed E-state index contributed by atoms with van der Waals surface area (Å²) in [6.45, 7) is 4.34. The number of carbonyl (C=O) groups is 1. The molecule has 27 heavy (non-hydrogen) atoms. The van der Waals surface area contributed by atoms with Crippen LogP contribution < -0.4 is 0 Å². The molecule has 5 fully saturated rings. The Labute approximate surface area is 160 Å². The molecule has 1 aromatic rings. The minimum atomic E-state index is -0.234. The summed E-state index contributed by atoms with van der Waals surface area (Å²) in [5, 5.41) is 11.4. The van der Waals surface area contributed by atoms with E-state index < -0.39 is 0 Å². The van der Waals surface area contributed by atoms with Gasteiger partial charge in [-0.05, 0) is 67.9 Å². The second kappa shape index (κ2) is 5.36. The Morgan fingerprint density at radius 2 is 1.96 bits per heavy atom. The van der Waals surface area contributed by atoms with Crippen LogP contribution in [0.2, 0.25) is 0 Å². The molecule has 3 saturated carbocycles. The van der Waals surface area contributed by atoms with E-state index in [1.165, 1.54) is 19.3 Å². The molecule has 9 atom stereocenters. The Morgan fingerprint density at radius 3 is 2.78 bits per heavy atom. The number of aliphatic hydroxyl groups excluding tert-OH is 1. The van der Waals surface area contributed by atoms with Gasteiger partial charge in [0.2, 0.25) is 0 Å². The van der Waals surface area contributed by atoms with Crippen LogP contribution in [0.1, 0.15) is 49.4 Å². The van der Waals surface area contributed by atoms with Crippen LogP contribution in [-0.2, 0) is 4.74 Å². The summed E-state index contributed by atoms with van der Waals surface area (Å²) in [5.74, 6) is 2.53. The van der Waals surface area contributed by atoms with E-state index in [9.17, 15) is 9.90 Å². The first-order valence-corrected chi connectivity index (χ1v) is 10.7. The molecular weight excluding hydrogens is 338 g/mol. The van der Waals surface area contributed by atoms with Gasteiger partial charge in [-0.1, -0.05) is 25.1 Å². The molecule has 4 heteroatoms. The maximum absolute atomic E-state index is 12.6. The standard InChI is InChI=1S/C23H29NO3/c1-14-7-16-8-20(25)22-11-18(27-21(26)15-5-3-2-4-6-15)13-24-12-17(22)9-19(16)23(22,24)10-14/h2-6,14,16-20,25H,7-13H2,1H3. The Bertz CT molecular complexity index is 781. The zero-order valence-corrected chi connectivity index (χ0v) is 16.0. The fourth-order valence-corrected chi connectivity index (χ4v) is 8.55. The molecule has 1 N–H and O–H groups in total. The second-order valence-corrected chi connectivity index (χ2v) is 10.1. The third-order valence-electron chi connectivity index (χ3n) is 9.02. The van der Waals surface area contributed by atoms with E-state index in [4.69, 9.17) is 4.74 Å². The smallest absolute Gasteiger partial charge is 0.338 e. The molecule has 0 aromatic heterocycles. The SMILES string of the molecule is CC1CC2CC(O)C34CC(OC(=O)c5ccccc5)CN5CC3CC2C54C1. The normalized spacial score (nSPS) is 51.9. The van der Waals surface area contributed by atoms with Crippen molar-refractivity contribution in [3.63, 3.8) is 0 Å². The summed E-state index contributed by atoms with van der Waals surface area (Å²) in [5.41, 5.74) is 0.744. The van der Waals surface area contributed by atoms with E-state index in [0.29, 0.717) is 17.4 Å². The van der Waals surface area contributed by atoms with Gasteiger partial charge in [0.25, 0.3) is 0 Å². The molecule has 6 rings (SSSR count). The summed E-state index contributed by atoms with van der Waals surface area (Å²) in [7, 11) is 0. The Balaban J connectivity index is 1.33. The number of rotatable bonds is 2. The summed E-state index contributed by atoms with van der Waals surface area (Å²) in [6, 6.07) is 9.31. The number of hydrogen-bond acceptors (Lipinski definition) is 4. The highest BCUT2D eigenvalue weighted by Gasteiger charge is 2.80. The molecule has 6 bridgehead atoms. The highest BCUT2D eigenvalue weighted by Crippen LogP contribution is 2.76. The third kappa shape index (κ3) is 1.89. The van der Waals surface area contributed by atoms with Gasteiger partial charge in [-0.15, -0.1) is 0 Å². The molecule has 2 saturated heterocycles. The van der Waals surface area contributed by atoms with Crippen LogP contribution in [0, 0.1) is 29.1 Å². The summed E-state index contributed by atoms with van der Waals surface area (Å²) >= 11 is 0. The summed E-state index contributed by atoms with van der Waals surface area (Å²) < 4.78 is 5.99. The van der Waals surface area contributed by atoms with Crippen LogP contribution >= 0.6 is 0 Å². The van der Waals surface area contributed by atoms with E-state index in [1.54, 1.807) is 0 Å². The molecule has 0 radical (unpaired) electrons. The molecule has 1 spiro atoms. The minimum Gasteiger partial charge on any atom is -0.457 e. The largest absolute Gasteiger partial charge is 0.457 e. The highest BCUT2D eigenvalue weighted by atomic mass is 16.5. The van der Waals surface area contributed by atoms with Crippen LogP contribution in [0.3, 0.4) is 0 Å². The van der Waals surface area contributed by atoms with E-state index in [-0.39, 0.29) is 29.1 Å². The molecule has 3 aliphatic carbocycles. The molecule has 2 heterocycles. The van der Waals surface area contributed by atoms with Crippen molar-refractivity contribution >= 4 is 5.97 Å². The van der Waals surface area contributed by atoms with Crippen LogP contribution in [-0.4, -0.2) is 46.8 Å². The lowest BCUT2D eigenvalue weighted by molar-refractivity contribution is -0.195. The number of hydrogen-bond donors (Lipinski definition) is 1. The predicted molar refractivity (Wildman–Crippen MR) is 101 cm³/mol. The van der Waals surface area contributed by atoms with Crippen molar-refractivity contribution in [2.75, 3.05) is 13.1 Å². The maximum Gasteiger partial charge on any atom is 0.338 e. The van der Waals surface area contributed by atoms with Crippen LogP contribution in [0.25, 0.3) is 0 Å². The first-order valence-electron chi connectivity index (χ1n) is 10.7. The Hall–Kier alpha value is -1.39. The molecule has 9 unspecified atom stereocenters. The van der Waals surface area contributed by atoms with Crippen molar-refractivity contribution in [1.29, 1.82) is 0 Å². The number of esters is 1. The predicted octanol–water partition coefficient (Wildman–Crippen LogP) is 3.10. The van der Waals surface area contributed by atoms with Crippen molar-refractivity contribution in [2.24, 2.45) is 29.1 Å². The average Bonchev–Trinajstić information content (AvgIpc) is 2.93. The van der Waals surface area contributed by atoms with Crippen molar-refractivity contribution in [3.05, 3.63) is 35.9 Å². The van der Waals surface area contributed by atoms with Gasteiger partial charge in [-0.2, -0.15) is 0 Å². The van der Waals surface area contributed by atoms with Gasteiger partial charge >= 0.3 is 5.97 Å². The summed E-state index contributed by atoms with van der Waals surface area (Å²) in [6.07, 6.45) is 5.26. The third-order valence-corrected chi connectivity index (χ3v) is 9.02. The lowest BCUT2D eigenvalue weighted by Crippen LogP contribution is -2.71. The number of carbonyl (C=O) groups excluding carboxylic acids is 1. The molecule has 1 aromatic carbocycles. The van der Waals surface area contributed by atoms with Gasteiger partial charge in [0.05, 0.1) is 11.7 Å². The molecule has 2 aliphatic heterocycles. The number of ether oxygens (including phenoxy) is 1. The first-order chi connectivity index (χ1) is 13.0. The fourth-order valence-electron chi connectivity index (χ4n) is 8.55.